The molecule has 0 saturated carbocycles. The first-order valence-corrected chi connectivity index (χ1v) is 8.89. The Morgan fingerprint density at radius 3 is 2.58 bits per heavy atom. The quantitative estimate of drug-likeness (QED) is 0.437. The highest BCUT2D eigenvalue weighted by molar-refractivity contribution is 7.89. The number of anilines is 1. The van der Waals surface area contributed by atoms with Gasteiger partial charge in [0.05, 0.1) is 23.8 Å². The fraction of sp³-hybridized carbons (Fsp3) is 0.467. The smallest absolute Gasteiger partial charge is 0.270 e. The predicted molar refractivity (Wildman–Crippen MR) is 90.8 cm³/mol. The van der Waals surface area contributed by atoms with E-state index in [9.17, 15) is 18.5 Å². The van der Waals surface area contributed by atoms with Crippen molar-refractivity contribution in [2.45, 2.75) is 11.8 Å². The average molecular weight is 355 g/mol. The van der Waals surface area contributed by atoms with Gasteiger partial charge in [0.2, 0.25) is 10.0 Å². The van der Waals surface area contributed by atoms with Crippen LogP contribution in [0.3, 0.4) is 0 Å². The Balaban J connectivity index is 2.52. The van der Waals surface area contributed by atoms with Crippen molar-refractivity contribution in [2.75, 3.05) is 44.8 Å². The summed E-state index contributed by atoms with van der Waals surface area (Å²) in [5, 5.41) is 11.1. The first-order chi connectivity index (χ1) is 11.2. The highest BCUT2D eigenvalue weighted by atomic mass is 32.2. The molecular weight excluding hydrogens is 334 g/mol. The van der Waals surface area contributed by atoms with Gasteiger partial charge in [-0.05, 0) is 13.0 Å². The summed E-state index contributed by atoms with van der Waals surface area (Å²) in [7, 11) is -2.12. The molecular formula is C15H21N3O5S. The van der Waals surface area contributed by atoms with Gasteiger partial charge in [0, 0.05) is 38.8 Å². The Morgan fingerprint density at radius 2 is 2.04 bits per heavy atom. The minimum Gasteiger partial charge on any atom is -0.379 e. The van der Waals surface area contributed by atoms with E-state index < -0.39 is 14.9 Å². The number of nitro groups is 1. The van der Waals surface area contributed by atoms with Gasteiger partial charge in [-0.15, -0.1) is 0 Å². The predicted octanol–water partition coefficient (Wildman–Crippen LogP) is 1.63. The summed E-state index contributed by atoms with van der Waals surface area (Å²) in [4.78, 5) is 12.1. The number of hydrogen-bond acceptors (Lipinski definition) is 6. The van der Waals surface area contributed by atoms with Crippen LogP contribution in [0.4, 0.5) is 11.4 Å². The normalized spacial score (nSPS) is 15.9. The maximum atomic E-state index is 13.0. The third-order valence-corrected chi connectivity index (χ3v) is 5.59. The molecule has 1 saturated heterocycles. The van der Waals surface area contributed by atoms with Crippen LogP contribution < -0.4 is 4.90 Å². The average Bonchev–Trinajstić information content (AvgIpc) is 2.54. The van der Waals surface area contributed by atoms with Gasteiger partial charge < -0.3 is 9.64 Å². The molecule has 1 heterocycles. The molecule has 0 aromatic heterocycles. The van der Waals surface area contributed by atoms with E-state index in [1.807, 2.05) is 6.92 Å². The van der Waals surface area contributed by atoms with Gasteiger partial charge in [-0.3, -0.25) is 10.1 Å². The number of ether oxygens (including phenoxy) is 1. The first-order valence-electron chi connectivity index (χ1n) is 7.45. The van der Waals surface area contributed by atoms with Crippen molar-refractivity contribution in [1.29, 1.82) is 0 Å². The molecule has 0 bridgehead atoms. The van der Waals surface area contributed by atoms with Crippen LogP contribution in [0.1, 0.15) is 6.92 Å². The monoisotopic (exact) mass is 355 g/mol. The van der Waals surface area contributed by atoms with Gasteiger partial charge in [0.15, 0.2) is 0 Å². The summed E-state index contributed by atoms with van der Waals surface area (Å²) < 4.78 is 32.4. The largest absolute Gasteiger partial charge is 0.379 e. The van der Waals surface area contributed by atoms with Crippen molar-refractivity contribution < 1.29 is 18.1 Å². The molecule has 0 atom stereocenters. The lowest BCUT2D eigenvalue weighted by molar-refractivity contribution is -0.385. The lowest BCUT2D eigenvalue weighted by atomic mass is 10.2. The molecule has 132 valence electrons. The van der Waals surface area contributed by atoms with E-state index >= 15 is 0 Å². The fourth-order valence-corrected chi connectivity index (χ4v) is 4.22. The SMILES string of the molecule is C=C(C)CN(C)c1ccc([N+](=O)[O-])cc1S(=O)(=O)N1CCOCC1. The highest BCUT2D eigenvalue weighted by Crippen LogP contribution is 2.31. The van der Waals surface area contributed by atoms with Crippen molar-refractivity contribution in [3.8, 4) is 0 Å². The van der Waals surface area contributed by atoms with Gasteiger partial charge in [-0.25, -0.2) is 8.42 Å². The van der Waals surface area contributed by atoms with E-state index in [2.05, 4.69) is 6.58 Å². The molecule has 0 amide bonds. The number of sulfonamides is 1. The number of likely N-dealkylation sites (N-methyl/N-ethyl adjacent to an activating group) is 1. The minimum atomic E-state index is -3.85. The van der Waals surface area contributed by atoms with Crippen molar-refractivity contribution >= 4 is 21.4 Å². The summed E-state index contributed by atoms with van der Waals surface area (Å²) >= 11 is 0. The lowest BCUT2D eigenvalue weighted by Gasteiger charge is -2.29. The van der Waals surface area contributed by atoms with Crippen LogP contribution >= 0.6 is 0 Å². The summed E-state index contributed by atoms with van der Waals surface area (Å²) in [5.41, 5.74) is 1.01. The maximum Gasteiger partial charge on any atom is 0.270 e. The zero-order valence-electron chi connectivity index (χ0n) is 13.8. The van der Waals surface area contributed by atoms with E-state index in [1.165, 1.54) is 16.4 Å². The molecule has 1 aromatic rings. The topological polar surface area (TPSA) is 93.0 Å². The van der Waals surface area contributed by atoms with Crippen molar-refractivity contribution in [3.63, 3.8) is 0 Å². The first kappa shape index (κ1) is 18.4. The Hall–Kier alpha value is -1.97. The fourth-order valence-electron chi connectivity index (χ4n) is 2.55. The molecule has 1 fully saturated rings. The molecule has 8 nitrogen and oxygen atoms in total. The molecule has 24 heavy (non-hydrogen) atoms. The number of nitro benzene ring substituents is 1. The van der Waals surface area contributed by atoms with E-state index in [1.54, 1.807) is 11.9 Å². The number of nitrogens with zero attached hydrogens (tertiary/aromatic N) is 3. The van der Waals surface area contributed by atoms with E-state index in [0.717, 1.165) is 11.6 Å². The second kappa shape index (κ2) is 7.29. The van der Waals surface area contributed by atoms with Crippen LogP contribution in [0.25, 0.3) is 0 Å². The Morgan fingerprint density at radius 1 is 1.42 bits per heavy atom. The molecule has 0 unspecified atom stereocenters. The Kier molecular flexibility index (Phi) is 5.58. The van der Waals surface area contributed by atoms with Gasteiger partial charge in [0.1, 0.15) is 4.90 Å². The number of morpholine rings is 1. The zero-order valence-corrected chi connectivity index (χ0v) is 14.6. The van der Waals surface area contributed by atoms with Gasteiger partial charge in [-0.1, -0.05) is 12.2 Å². The number of non-ortho nitro benzene ring substituents is 1. The summed E-state index contributed by atoms with van der Waals surface area (Å²) in [6.45, 7) is 7.18. The molecule has 0 N–H and O–H groups in total. The van der Waals surface area contributed by atoms with Crippen LogP contribution in [-0.4, -0.2) is 57.5 Å². The lowest BCUT2D eigenvalue weighted by Crippen LogP contribution is -2.41. The molecule has 1 aliphatic rings. The van der Waals surface area contributed by atoms with Crippen LogP contribution in [-0.2, 0) is 14.8 Å². The third-order valence-electron chi connectivity index (χ3n) is 3.66. The standard InChI is InChI=1S/C15H21N3O5S/c1-12(2)11-16(3)14-5-4-13(18(19)20)10-15(14)24(21,22)17-6-8-23-9-7-17/h4-5,10H,1,6-9,11H2,2-3H3. The maximum absolute atomic E-state index is 13.0. The number of hydrogen-bond donors (Lipinski definition) is 0. The van der Waals surface area contributed by atoms with Gasteiger partial charge in [0.25, 0.3) is 5.69 Å². The van der Waals surface area contributed by atoms with E-state index in [-0.39, 0.29) is 23.7 Å². The Labute approximate surface area is 141 Å². The second-order valence-corrected chi connectivity index (χ2v) is 7.65. The summed E-state index contributed by atoms with van der Waals surface area (Å²) in [6, 6.07) is 3.89. The summed E-state index contributed by atoms with van der Waals surface area (Å²) in [6.07, 6.45) is 0. The third kappa shape index (κ3) is 3.92. The molecule has 0 spiro atoms. The number of rotatable bonds is 6. The second-order valence-electron chi connectivity index (χ2n) is 5.74. The zero-order chi connectivity index (χ0) is 17.9. The number of benzene rings is 1. The Bertz CT molecular complexity index is 741. The van der Waals surface area contributed by atoms with E-state index in [0.29, 0.717) is 25.4 Å². The minimum absolute atomic E-state index is 0.0673. The molecule has 9 heteroatoms. The van der Waals surface area contributed by atoms with Crippen molar-refractivity contribution in [2.24, 2.45) is 0 Å². The molecule has 1 aliphatic heterocycles. The van der Waals surface area contributed by atoms with Crippen LogP contribution in [0.2, 0.25) is 0 Å². The van der Waals surface area contributed by atoms with Crippen molar-refractivity contribution in [1.82, 2.24) is 4.31 Å². The van der Waals surface area contributed by atoms with Gasteiger partial charge in [-0.2, -0.15) is 4.31 Å². The van der Waals surface area contributed by atoms with Crippen LogP contribution in [0.15, 0.2) is 35.2 Å². The van der Waals surface area contributed by atoms with E-state index in [4.69, 9.17) is 4.74 Å². The van der Waals surface area contributed by atoms with Crippen LogP contribution in [0.5, 0.6) is 0 Å². The molecule has 1 aromatic carbocycles. The van der Waals surface area contributed by atoms with Crippen LogP contribution in [0, 0.1) is 10.1 Å². The summed E-state index contributed by atoms with van der Waals surface area (Å²) in [5.74, 6) is 0. The molecule has 2 rings (SSSR count). The van der Waals surface area contributed by atoms with Gasteiger partial charge >= 0.3 is 0 Å². The molecule has 0 radical (unpaired) electrons. The molecule has 0 aliphatic carbocycles. The van der Waals surface area contributed by atoms with Crippen molar-refractivity contribution in [3.05, 3.63) is 40.5 Å². The highest BCUT2D eigenvalue weighted by Gasteiger charge is 2.31.